The summed E-state index contributed by atoms with van der Waals surface area (Å²) in [6.45, 7) is 3.65. The normalized spacial score (nSPS) is 18.0. The van der Waals surface area contributed by atoms with Crippen LogP contribution in [0, 0.1) is 12.3 Å². The third-order valence-electron chi connectivity index (χ3n) is 7.97. The van der Waals surface area contributed by atoms with Gasteiger partial charge in [0.25, 0.3) is 10.1 Å². The number of rotatable bonds is 7. The van der Waals surface area contributed by atoms with Crippen molar-refractivity contribution in [2.45, 2.75) is 38.0 Å². The van der Waals surface area contributed by atoms with Gasteiger partial charge in [-0.2, -0.15) is 8.42 Å². The van der Waals surface area contributed by atoms with E-state index in [0.29, 0.717) is 24.9 Å². The molecule has 0 aromatic heterocycles. The number of nitrogens with one attached hydrogen (secondary N) is 1. The molecule has 1 atom stereocenters. The topological polar surface area (TPSA) is 164 Å². The summed E-state index contributed by atoms with van der Waals surface area (Å²) < 4.78 is 34.4. The zero-order valence-electron chi connectivity index (χ0n) is 22.4. The molecule has 3 aromatic rings. The number of benzene rings is 3. The molecule has 2 aliphatic carbocycles. The molecule has 9 nitrogen and oxygen atoms in total. The van der Waals surface area contributed by atoms with Crippen molar-refractivity contribution in [3.05, 3.63) is 106 Å². The molecule has 2 aliphatic rings. The molecule has 1 unspecified atom stereocenters. The molecule has 5 rings (SSSR count). The third kappa shape index (κ3) is 4.64. The molecule has 0 fully saturated rings. The van der Waals surface area contributed by atoms with Crippen molar-refractivity contribution < 1.29 is 32.5 Å². The lowest BCUT2D eigenvalue weighted by atomic mass is 9.70. The molecule has 3 aromatic carbocycles. The van der Waals surface area contributed by atoms with E-state index in [1.165, 1.54) is 12.1 Å². The lowest BCUT2D eigenvalue weighted by molar-refractivity contribution is -0.146. The number of ketones is 2. The largest absolute Gasteiger partial charge is 0.481 e. The molecule has 0 bridgehead atoms. The number of carboxylic acids is 1. The number of anilines is 3. The van der Waals surface area contributed by atoms with Gasteiger partial charge in [-0.25, -0.2) is 0 Å². The predicted molar refractivity (Wildman–Crippen MR) is 154 cm³/mol. The Kier molecular flexibility index (Phi) is 6.92. The fourth-order valence-electron chi connectivity index (χ4n) is 5.60. The predicted octanol–water partition coefficient (Wildman–Crippen LogP) is 5.25. The van der Waals surface area contributed by atoms with E-state index in [2.05, 4.69) is 5.32 Å². The molecule has 210 valence electrons. The van der Waals surface area contributed by atoms with Crippen LogP contribution in [0.2, 0.25) is 0 Å². The lowest BCUT2D eigenvalue weighted by Crippen LogP contribution is -2.34. The highest BCUT2D eigenvalue weighted by molar-refractivity contribution is 7.86. The van der Waals surface area contributed by atoms with Crippen LogP contribution < -0.4 is 11.1 Å². The smallest absolute Gasteiger partial charge is 0.314 e. The van der Waals surface area contributed by atoms with Crippen LogP contribution in [0.25, 0.3) is 0 Å². The Labute approximate surface area is 237 Å². The Bertz CT molecular complexity index is 1820. The molecule has 41 heavy (non-hydrogen) atoms. The molecular formula is C31H28N2O7S. The SMILES string of the molecule is CCC1(C(=O)O)CC=CC=C1Cc1ccc(C)c(Nc2cc(S(=O)(=O)O)c(N)c3c2C(=O)c2ccccc2C3=O)c1. The number of nitrogens with two attached hydrogens (primary N) is 1. The molecule has 10 heteroatoms. The van der Waals surface area contributed by atoms with E-state index >= 15 is 0 Å². The van der Waals surface area contributed by atoms with Crippen LogP contribution in [0.5, 0.6) is 0 Å². The molecule has 0 saturated carbocycles. The third-order valence-corrected chi connectivity index (χ3v) is 8.86. The van der Waals surface area contributed by atoms with Gasteiger partial charge in [-0.15, -0.1) is 0 Å². The van der Waals surface area contributed by atoms with Gasteiger partial charge in [-0.05, 0) is 55.0 Å². The summed E-state index contributed by atoms with van der Waals surface area (Å²) in [5.74, 6) is -2.04. The van der Waals surface area contributed by atoms with E-state index < -0.39 is 43.7 Å². The maximum atomic E-state index is 13.6. The fourth-order valence-corrected chi connectivity index (χ4v) is 6.25. The van der Waals surface area contributed by atoms with Crippen LogP contribution in [0.15, 0.2) is 77.2 Å². The maximum Gasteiger partial charge on any atom is 0.314 e. The van der Waals surface area contributed by atoms with Crippen LogP contribution in [0.1, 0.15) is 62.7 Å². The minimum atomic E-state index is -4.86. The first-order chi connectivity index (χ1) is 19.4. The minimum absolute atomic E-state index is 0.0109. The van der Waals surface area contributed by atoms with E-state index in [4.69, 9.17) is 5.73 Å². The van der Waals surface area contributed by atoms with Gasteiger partial charge in [0.15, 0.2) is 11.6 Å². The Morgan fingerprint density at radius 3 is 2.29 bits per heavy atom. The van der Waals surface area contributed by atoms with Crippen LogP contribution in [0.3, 0.4) is 0 Å². The van der Waals surface area contributed by atoms with Crippen LogP contribution in [0.4, 0.5) is 17.1 Å². The number of carbonyl (C=O) groups excluding carboxylic acids is 2. The zero-order valence-corrected chi connectivity index (χ0v) is 23.2. The molecule has 0 saturated heterocycles. The van der Waals surface area contributed by atoms with E-state index in [9.17, 15) is 32.5 Å². The number of aryl methyl sites for hydroxylation is 1. The highest BCUT2D eigenvalue weighted by Gasteiger charge is 2.40. The van der Waals surface area contributed by atoms with Crippen LogP contribution >= 0.6 is 0 Å². The molecule has 0 radical (unpaired) electrons. The monoisotopic (exact) mass is 572 g/mol. The van der Waals surface area contributed by atoms with Crippen LogP contribution in [-0.2, 0) is 21.3 Å². The van der Waals surface area contributed by atoms with Crippen molar-refractivity contribution in [3.63, 3.8) is 0 Å². The standard InChI is InChI=1S/C31H28N2O7S/c1-3-31(30(36)37)13-7-6-8-19(31)14-18-12-11-17(2)22(15-18)33-23-16-24(41(38,39)40)27(32)26-25(23)28(34)20-9-4-5-10-21(20)29(26)35/h4-12,15-16,33H,3,13-14,32H2,1-2H3,(H,36,37)(H,38,39,40). The fraction of sp³-hybridized carbons (Fsp3) is 0.194. The first kappa shape index (κ1) is 28.0. The van der Waals surface area contributed by atoms with Gasteiger partial charge in [0.2, 0.25) is 0 Å². The second-order valence-corrected chi connectivity index (χ2v) is 11.7. The average Bonchev–Trinajstić information content (AvgIpc) is 2.93. The van der Waals surface area contributed by atoms with Gasteiger partial charge in [-0.1, -0.05) is 61.5 Å². The Balaban J connectivity index is 1.63. The number of nitrogen functional groups attached to an aromatic ring is 1. The molecule has 0 aliphatic heterocycles. The average molecular weight is 573 g/mol. The number of fused-ring (bicyclic) bond motifs is 2. The number of hydrogen-bond donors (Lipinski definition) is 4. The first-order valence-corrected chi connectivity index (χ1v) is 14.4. The Morgan fingerprint density at radius 1 is 1.02 bits per heavy atom. The second kappa shape index (κ2) is 10.1. The summed E-state index contributed by atoms with van der Waals surface area (Å²) in [6, 6.07) is 12.7. The lowest BCUT2D eigenvalue weighted by Gasteiger charge is -2.32. The molecule has 0 heterocycles. The second-order valence-electron chi connectivity index (χ2n) is 10.3. The van der Waals surface area contributed by atoms with Gasteiger partial charge in [-0.3, -0.25) is 18.9 Å². The van der Waals surface area contributed by atoms with Gasteiger partial charge in [0, 0.05) is 16.8 Å². The highest BCUT2D eigenvalue weighted by atomic mass is 32.2. The molecule has 0 spiro atoms. The summed E-state index contributed by atoms with van der Waals surface area (Å²) in [6.07, 6.45) is 6.66. The highest BCUT2D eigenvalue weighted by Crippen LogP contribution is 2.42. The summed E-state index contributed by atoms with van der Waals surface area (Å²) in [7, 11) is -4.86. The molecular weight excluding hydrogens is 544 g/mol. The summed E-state index contributed by atoms with van der Waals surface area (Å²) >= 11 is 0. The zero-order chi connectivity index (χ0) is 29.7. The number of hydrogen-bond acceptors (Lipinski definition) is 7. The number of aliphatic carboxylic acids is 1. The van der Waals surface area contributed by atoms with Crippen molar-refractivity contribution in [2.24, 2.45) is 5.41 Å². The quantitative estimate of drug-likeness (QED) is 0.171. The van der Waals surface area contributed by atoms with Gasteiger partial charge in [0.1, 0.15) is 4.90 Å². The maximum absolute atomic E-state index is 13.6. The van der Waals surface area contributed by atoms with Gasteiger partial charge >= 0.3 is 5.97 Å². The summed E-state index contributed by atoms with van der Waals surface area (Å²) in [5, 5.41) is 13.2. The molecule has 0 amide bonds. The van der Waals surface area contributed by atoms with E-state index in [-0.39, 0.29) is 27.9 Å². The minimum Gasteiger partial charge on any atom is -0.481 e. The van der Waals surface area contributed by atoms with Crippen molar-refractivity contribution >= 4 is 44.7 Å². The van der Waals surface area contributed by atoms with E-state index in [1.54, 1.807) is 25.1 Å². The van der Waals surface area contributed by atoms with Crippen molar-refractivity contribution in [2.75, 3.05) is 11.1 Å². The molecule has 5 N–H and O–H groups in total. The Hall–Kier alpha value is -4.54. The van der Waals surface area contributed by atoms with E-state index in [1.807, 2.05) is 37.3 Å². The Morgan fingerprint density at radius 2 is 1.68 bits per heavy atom. The van der Waals surface area contributed by atoms with Gasteiger partial charge < -0.3 is 16.2 Å². The number of carboxylic acid groups (broad SMARTS) is 1. The van der Waals surface area contributed by atoms with E-state index in [0.717, 1.165) is 22.8 Å². The first-order valence-electron chi connectivity index (χ1n) is 13.0. The number of allylic oxidation sites excluding steroid dienone is 3. The van der Waals surface area contributed by atoms with Crippen LogP contribution in [-0.4, -0.2) is 35.6 Å². The summed E-state index contributed by atoms with van der Waals surface area (Å²) in [5.41, 5.74) is 7.16. The number of carbonyl (C=O) groups is 3. The van der Waals surface area contributed by atoms with Gasteiger partial charge in [0.05, 0.1) is 27.9 Å². The van der Waals surface area contributed by atoms with Crippen molar-refractivity contribution in [1.29, 1.82) is 0 Å². The van der Waals surface area contributed by atoms with Crippen molar-refractivity contribution in [1.82, 2.24) is 0 Å². The summed E-state index contributed by atoms with van der Waals surface area (Å²) in [4.78, 5) is 38.7. The van der Waals surface area contributed by atoms with Crippen molar-refractivity contribution in [3.8, 4) is 0 Å².